The zero-order valence-corrected chi connectivity index (χ0v) is 6.16. The van der Waals surface area contributed by atoms with E-state index in [9.17, 15) is 4.79 Å². The molecule has 0 bridgehead atoms. The number of carboxylic acid groups (broad SMARTS) is 1. The highest BCUT2D eigenvalue weighted by atomic mass is 16.4. The van der Waals surface area contributed by atoms with E-state index in [1.54, 1.807) is 12.4 Å². The van der Waals surface area contributed by atoms with Gasteiger partial charge in [-0.3, -0.25) is 4.79 Å². The highest BCUT2D eigenvalue weighted by Gasteiger charge is 2.05. The summed E-state index contributed by atoms with van der Waals surface area (Å²) >= 11 is 0. The first-order valence-electron chi connectivity index (χ1n) is 3.55. The Morgan fingerprint density at radius 3 is 3.09 bits per heavy atom. The van der Waals surface area contributed by atoms with Crippen LogP contribution in [0.25, 0.3) is 0 Å². The Bertz CT molecular complexity index is 247. The maximum atomic E-state index is 10.2. The van der Waals surface area contributed by atoms with Gasteiger partial charge in [0.15, 0.2) is 0 Å². The second-order valence-corrected chi connectivity index (χ2v) is 2.37. The van der Waals surface area contributed by atoms with E-state index in [-0.39, 0.29) is 6.42 Å². The molecular weight excluding hydrogens is 142 g/mol. The fourth-order valence-corrected chi connectivity index (χ4v) is 0.884. The van der Waals surface area contributed by atoms with Gasteiger partial charge in [0, 0.05) is 12.0 Å². The Balaban J connectivity index is 2.38. The Morgan fingerprint density at radius 1 is 1.73 bits per heavy atom. The first-order valence-corrected chi connectivity index (χ1v) is 3.55. The molecule has 58 valence electrons. The highest BCUT2D eigenvalue weighted by Crippen LogP contribution is 2.03. The minimum Gasteiger partial charge on any atom is -0.481 e. The third-order valence-corrected chi connectivity index (χ3v) is 1.46. The molecule has 3 nitrogen and oxygen atoms in total. The summed E-state index contributed by atoms with van der Waals surface area (Å²) in [5.74, 6) is -0.756. The molecule has 1 rings (SSSR count). The number of carboxylic acids is 1. The van der Waals surface area contributed by atoms with E-state index in [0.29, 0.717) is 6.42 Å². The molecular formula is C8H10NO2+. The molecule has 0 aromatic carbocycles. The van der Waals surface area contributed by atoms with Gasteiger partial charge in [-0.05, 0) is 6.42 Å². The zero-order valence-electron chi connectivity index (χ0n) is 6.16. The normalized spacial score (nSPS) is 14.7. The largest absolute Gasteiger partial charge is 0.481 e. The third-order valence-electron chi connectivity index (χ3n) is 1.46. The van der Waals surface area contributed by atoms with Gasteiger partial charge in [0.25, 0.3) is 12.4 Å². The van der Waals surface area contributed by atoms with Gasteiger partial charge >= 0.3 is 5.97 Å². The lowest BCUT2D eigenvalue weighted by atomic mass is 10.1. The van der Waals surface area contributed by atoms with E-state index in [0.717, 1.165) is 12.0 Å². The minimum absolute atomic E-state index is 0.192. The topological polar surface area (TPSA) is 51.4 Å². The fraction of sp³-hybridized carbons (Fsp3) is 0.375. The van der Waals surface area contributed by atoms with E-state index in [4.69, 9.17) is 5.11 Å². The Labute approximate surface area is 64.8 Å². The molecule has 0 saturated heterocycles. The van der Waals surface area contributed by atoms with Crippen molar-refractivity contribution < 1.29 is 9.90 Å². The van der Waals surface area contributed by atoms with Crippen molar-refractivity contribution in [2.45, 2.75) is 19.3 Å². The molecule has 0 amide bonds. The lowest BCUT2D eigenvalue weighted by Gasteiger charge is -1.93. The van der Waals surface area contributed by atoms with Crippen molar-refractivity contribution in [3.63, 3.8) is 0 Å². The number of hydrogen-bond acceptors (Lipinski definition) is 1. The first kappa shape index (κ1) is 7.76. The highest BCUT2D eigenvalue weighted by molar-refractivity contribution is 5.84. The predicted octanol–water partition coefficient (Wildman–Crippen LogP) is 0.390. The maximum Gasteiger partial charge on any atom is 0.303 e. The van der Waals surface area contributed by atoms with Crippen molar-refractivity contribution in [1.29, 1.82) is 0 Å². The number of hydrogen-bond donors (Lipinski definition) is 1. The molecule has 11 heavy (non-hydrogen) atoms. The maximum absolute atomic E-state index is 10.2. The lowest BCUT2D eigenvalue weighted by Crippen LogP contribution is -2.00. The summed E-state index contributed by atoms with van der Waals surface area (Å²) in [6, 6.07) is 0. The van der Waals surface area contributed by atoms with E-state index >= 15 is 0 Å². The minimum atomic E-state index is -0.756. The quantitative estimate of drug-likeness (QED) is 0.595. The molecule has 1 aliphatic rings. The molecule has 0 aliphatic carbocycles. The summed E-state index contributed by atoms with van der Waals surface area (Å²) in [7, 11) is 0. The molecule has 0 radical (unpaired) electrons. The van der Waals surface area contributed by atoms with Crippen LogP contribution in [0.2, 0.25) is 0 Å². The molecule has 0 saturated carbocycles. The van der Waals surface area contributed by atoms with Gasteiger partial charge in [-0.2, -0.15) is 0 Å². The van der Waals surface area contributed by atoms with E-state index in [1.807, 2.05) is 6.08 Å². The first-order chi connectivity index (χ1) is 5.29. The van der Waals surface area contributed by atoms with Crippen LogP contribution in [-0.4, -0.2) is 23.5 Å². The van der Waals surface area contributed by atoms with Gasteiger partial charge in [-0.15, -0.1) is 4.67 Å². The van der Waals surface area contributed by atoms with Crippen molar-refractivity contribution >= 4 is 18.4 Å². The molecule has 1 N–H and O–H groups in total. The molecule has 0 aromatic heterocycles. The van der Waals surface area contributed by atoms with Crippen molar-refractivity contribution in [1.82, 2.24) is 4.67 Å². The van der Waals surface area contributed by atoms with Crippen molar-refractivity contribution in [3.05, 3.63) is 11.6 Å². The van der Waals surface area contributed by atoms with Crippen LogP contribution in [0.15, 0.2) is 11.6 Å². The van der Waals surface area contributed by atoms with Crippen LogP contribution in [-0.2, 0) is 4.79 Å². The Hall–Kier alpha value is -1.34. The molecule has 0 unspecified atom stereocenters. The van der Waals surface area contributed by atoms with Crippen LogP contribution >= 0.6 is 0 Å². The molecule has 1 aliphatic heterocycles. The Morgan fingerprint density at radius 2 is 2.55 bits per heavy atom. The molecule has 0 fully saturated rings. The molecule has 1 heterocycles. The van der Waals surface area contributed by atoms with Crippen molar-refractivity contribution in [2.24, 2.45) is 0 Å². The predicted molar refractivity (Wildman–Crippen MR) is 43.8 cm³/mol. The van der Waals surface area contributed by atoms with Crippen LogP contribution in [0.3, 0.4) is 0 Å². The Kier molecular flexibility index (Phi) is 2.64. The number of carbonyl (C=O) groups is 1. The smallest absolute Gasteiger partial charge is 0.303 e. The summed E-state index contributed by atoms with van der Waals surface area (Å²) in [6.45, 7) is 0. The lowest BCUT2D eigenvalue weighted by molar-refractivity contribution is -0.136. The van der Waals surface area contributed by atoms with Crippen LogP contribution in [0.1, 0.15) is 19.3 Å². The molecule has 0 atom stereocenters. The fourth-order valence-electron chi connectivity index (χ4n) is 0.884. The average Bonchev–Trinajstić information content (AvgIpc) is 2.03. The van der Waals surface area contributed by atoms with Gasteiger partial charge in [0.1, 0.15) is 0 Å². The van der Waals surface area contributed by atoms with Gasteiger partial charge in [0.05, 0.1) is 6.42 Å². The van der Waals surface area contributed by atoms with Gasteiger partial charge in [0.2, 0.25) is 0 Å². The summed E-state index contributed by atoms with van der Waals surface area (Å²) in [6.07, 6.45) is 7.11. The van der Waals surface area contributed by atoms with Gasteiger partial charge < -0.3 is 5.11 Å². The van der Waals surface area contributed by atoms with E-state index < -0.39 is 5.97 Å². The number of rotatable bonds is 3. The summed E-state index contributed by atoms with van der Waals surface area (Å²) in [5, 5.41) is 8.36. The summed E-state index contributed by atoms with van der Waals surface area (Å²) in [5.41, 5.74) is 1.02. The second kappa shape index (κ2) is 3.74. The van der Waals surface area contributed by atoms with Crippen LogP contribution < -0.4 is 4.67 Å². The summed E-state index contributed by atoms with van der Waals surface area (Å²) in [4.78, 5) is 10.2. The molecule has 0 spiro atoms. The van der Waals surface area contributed by atoms with Crippen LogP contribution in [0.4, 0.5) is 0 Å². The van der Waals surface area contributed by atoms with E-state index in [2.05, 4.69) is 4.67 Å². The standard InChI is InChI=1S/C8H9NO2/c10-8(11)4-3-7-2-1-5-9-6-7/h2,5-6H,1,3-4H2/p+1. The third kappa shape index (κ3) is 2.83. The number of nitrogens with zero attached hydrogens (tertiary/aromatic N) is 1. The van der Waals surface area contributed by atoms with Crippen molar-refractivity contribution in [3.8, 4) is 0 Å². The SMILES string of the molecule is O=C(O)CCC1=CCC=[N+]=C1. The average molecular weight is 152 g/mol. The molecule has 0 aromatic rings. The monoisotopic (exact) mass is 152 g/mol. The van der Waals surface area contributed by atoms with Crippen molar-refractivity contribution in [2.75, 3.05) is 0 Å². The number of allylic oxidation sites excluding steroid dienone is 2. The van der Waals surface area contributed by atoms with E-state index in [1.165, 1.54) is 0 Å². The summed E-state index contributed by atoms with van der Waals surface area (Å²) < 4.78 is 3.93. The second-order valence-electron chi connectivity index (χ2n) is 2.37. The van der Waals surface area contributed by atoms with Gasteiger partial charge in [-0.1, -0.05) is 6.08 Å². The van der Waals surface area contributed by atoms with Gasteiger partial charge in [-0.25, -0.2) is 0 Å². The molecule has 3 heteroatoms. The van der Waals surface area contributed by atoms with Crippen LogP contribution in [0, 0.1) is 0 Å². The zero-order chi connectivity index (χ0) is 8.10. The van der Waals surface area contributed by atoms with Crippen LogP contribution in [0.5, 0.6) is 0 Å². The number of aliphatic carboxylic acids is 1.